The van der Waals surface area contributed by atoms with Crippen molar-refractivity contribution in [1.82, 2.24) is 0 Å². The van der Waals surface area contributed by atoms with Gasteiger partial charge < -0.3 is 14.8 Å². The molecule has 8 heteroatoms. The van der Waals surface area contributed by atoms with Crippen LogP contribution >= 0.6 is 34.8 Å². The van der Waals surface area contributed by atoms with E-state index in [9.17, 15) is 10.1 Å². The molecule has 0 aliphatic heterocycles. The van der Waals surface area contributed by atoms with Crippen molar-refractivity contribution in [2.24, 2.45) is 0 Å². The zero-order chi connectivity index (χ0) is 24.0. The van der Waals surface area contributed by atoms with E-state index in [0.29, 0.717) is 37.8 Å². The van der Waals surface area contributed by atoms with Gasteiger partial charge in [0.15, 0.2) is 11.5 Å². The van der Waals surface area contributed by atoms with Gasteiger partial charge in [0.25, 0.3) is 5.91 Å². The number of nitrogens with one attached hydrogen (secondary N) is 1. The van der Waals surface area contributed by atoms with E-state index in [0.717, 1.165) is 11.1 Å². The fourth-order valence-corrected chi connectivity index (χ4v) is 3.71. The Kier molecular flexibility index (Phi) is 8.24. The lowest BCUT2D eigenvalue weighted by Crippen LogP contribution is -2.14. The molecule has 1 N–H and O–H groups in total. The molecule has 0 fully saturated rings. The first-order valence-electron chi connectivity index (χ1n) is 9.75. The summed E-state index contributed by atoms with van der Waals surface area (Å²) in [5, 5.41) is 13.7. The van der Waals surface area contributed by atoms with E-state index in [1.165, 1.54) is 13.2 Å². The molecule has 0 saturated heterocycles. The zero-order valence-corrected chi connectivity index (χ0v) is 20.1. The molecule has 0 aliphatic carbocycles. The Bertz CT molecular complexity index is 1250. The van der Waals surface area contributed by atoms with Crippen molar-refractivity contribution < 1.29 is 14.3 Å². The number of methoxy groups -OCH3 is 1. The summed E-state index contributed by atoms with van der Waals surface area (Å²) in [6.07, 6.45) is 1.46. The molecule has 0 atom stereocenters. The lowest BCUT2D eigenvalue weighted by molar-refractivity contribution is -0.112. The second-order valence-corrected chi connectivity index (χ2v) is 8.24. The van der Waals surface area contributed by atoms with Crippen LogP contribution in [0.2, 0.25) is 15.1 Å². The van der Waals surface area contributed by atoms with Gasteiger partial charge in [-0.15, -0.1) is 0 Å². The van der Waals surface area contributed by atoms with Crippen LogP contribution in [0.15, 0.2) is 60.2 Å². The second kappa shape index (κ2) is 11.1. The van der Waals surface area contributed by atoms with E-state index < -0.39 is 5.91 Å². The van der Waals surface area contributed by atoms with E-state index in [1.54, 1.807) is 48.5 Å². The lowest BCUT2D eigenvalue weighted by atomic mass is 10.1. The normalized spacial score (nSPS) is 11.0. The number of nitrogens with zero attached hydrogens (tertiary/aromatic N) is 1. The van der Waals surface area contributed by atoms with Crippen molar-refractivity contribution in [1.29, 1.82) is 5.26 Å². The maximum Gasteiger partial charge on any atom is 0.266 e. The number of para-hydroxylation sites is 1. The molecule has 33 heavy (non-hydrogen) atoms. The summed E-state index contributed by atoms with van der Waals surface area (Å²) in [4.78, 5) is 12.7. The minimum Gasteiger partial charge on any atom is -0.493 e. The minimum atomic E-state index is -0.570. The SMILES string of the molecule is COc1ccc(/C=C(\C#N)C(=O)Nc2c(C)cccc2Cl)cc1OCc1ccc(Cl)cc1Cl. The first kappa shape index (κ1) is 24.5. The van der Waals surface area contributed by atoms with Crippen LogP contribution in [-0.4, -0.2) is 13.0 Å². The summed E-state index contributed by atoms with van der Waals surface area (Å²) in [5.74, 6) is 0.351. The smallest absolute Gasteiger partial charge is 0.266 e. The molecule has 0 spiro atoms. The van der Waals surface area contributed by atoms with Crippen molar-refractivity contribution >= 4 is 52.5 Å². The Hall–Kier alpha value is -3.17. The molecule has 3 aromatic rings. The highest BCUT2D eigenvalue weighted by molar-refractivity contribution is 6.35. The van der Waals surface area contributed by atoms with Crippen LogP contribution in [0.3, 0.4) is 0 Å². The Labute approximate surface area is 207 Å². The molecule has 168 valence electrons. The number of halogens is 3. The predicted octanol–water partition coefficient (Wildman–Crippen LogP) is 7.09. The molecule has 0 heterocycles. The third-order valence-corrected chi connectivity index (χ3v) is 5.62. The number of anilines is 1. The Morgan fingerprint density at radius 2 is 1.85 bits per heavy atom. The van der Waals surface area contributed by atoms with E-state index in [2.05, 4.69) is 5.32 Å². The third kappa shape index (κ3) is 6.21. The number of carbonyl (C=O) groups is 1. The summed E-state index contributed by atoms with van der Waals surface area (Å²) < 4.78 is 11.3. The van der Waals surface area contributed by atoms with Gasteiger partial charge in [-0.05, 0) is 54.5 Å². The molecule has 3 aromatic carbocycles. The van der Waals surface area contributed by atoms with E-state index in [1.807, 2.05) is 19.1 Å². The van der Waals surface area contributed by atoms with Crippen molar-refractivity contribution in [3.8, 4) is 17.6 Å². The topological polar surface area (TPSA) is 71.3 Å². The molecule has 5 nitrogen and oxygen atoms in total. The molecular formula is C25H19Cl3N2O3. The summed E-state index contributed by atoms with van der Waals surface area (Å²) in [5.41, 5.74) is 2.48. The molecule has 0 saturated carbocycles. The van der Waals surface area contributed by atoms with Gasteiger partial charge in [-0.2, -0.15) is 5.26 Å². The molecule has 0 unspecified atom stereocenters. The first-order valence-corrected chi connectivity index (χ1v) is 10.9. The maximum atomic E-state index is 12.7. The van der Waals surface area contributed by atoms with Crippen LogP contribution < -0.4 is 14.8 Å². The fraction of sp³-hybridized carbons (Fsp3) is 0.120. The zero-order valence-electron chi connectivity index (χ0n) is 17.8. The number of rotatable bonds is 7. The van der Waals surface area contributed by atoms with Crippen molar-refractivity contribution in [3.63, 3.8) is 0 Å². The number of amides is 1. The van der Waals surface area contributed by atoms with Gasteiger partial charge >= 0.3 is 0 Å². The molecule has 0 aromatic heterocycles. The Balaban J connectivity index is 1.84. The molecule has 0 radical (unpaired) electrons. The van der Waals surface area contributed by atoms with Gasteiger partial charge in [-0.25, -0.2) is 0 Å². The highest BCUT2D eigenvalue weighted by atomic mass is 35.5. The van der Waals surface area contributed by atoms with Crippen LogP contribution in [0.1, 0.15) is 16.7 Å². The van der Waals surface area contributed by atoms with E-state index in [-0.39, 0.29) is 12.2 Å². The number of benzene rings is 3. The average molecular weight is 502 g/mol. The first-order chi connectivity index (χ1) is 15.8. The van der Waals surface area contributed by atoms with Gasteiger partial charge in [-0.3, -0.25) is 4.79 Å². The maximum absolute atomic E-state index is 12.7. The van der Waals surface area contributed by atoms with Crippen molar-refractivity contribution in [3.05, 3.63) is 91.9 Å². The summed E-state index contributed by atoms with van der Waals surface area (Å²) in [6.45, 7) is 1.99. The number of carbonyl (C=O) groups excluding carboxylic acids is 1. The fourth-order valence-electron chi connectivity index (χ4n) is 2.98. The van der Waals surface area contributed by atoms with Crippen LogP contribution in [0.4, 0.5) is 5.69 Å². The quantitative estimate of drug-likeness (QED) is 0.277. The Morgan fingerprint density at radius 1 is 1.06 bits per heavy atom. The average Bonchev–Trinajstić information content (AvgIpc) is 2.79. The third-order valence-electron chi connectivity index (χ3n) is 4.72. The number of nitriles is 1. The van der Waals surface area contributed by atoms with Gasteiger partial charge in [0, 0.05) is 15.6 Å². The van der Waals surface area contributed by atoms with E-state index in [4.69, 9.17) is 44.3 Å². The highest BCUT2D eigenvalue weighted by Gasteiger charge is 2.14. The molecule has 1 amide bonds. The van der Waals surface area contributed by atoms with Gasteiger partial charge in [0.1, 0.15) is 18.2 Å². The number of ether oxygens (including phenoxy) is 2. The summed E-state index contributed by atoms with van der Waals surface area (Å²) >= 11 is 18.3. The van der Waals surface area contributed by atoms with Crippen LogP contribution in [0.5, 0.6) is 11.5 Å². The molecular weight excluding hydrogens is 483 g/mol. The summed E-state index contributed by atoms with van der Waals surface area (Å²) in [6, 6.07) is 17.4. The van der Waals surface area contributed by atoms with Crippen LogP contribution in [-0.2, 0) is 11.4 Å². The summed E-state index contributed by atoms with van der Waals surface area (Å²) in [7, 11) is 1.52. The Morgan fingerprint density at radius 3 is 2.52 bits per heavy atom. The van der Waals surface area contributed by atoms with Gasteiger partial charge in [0.05, 0.1) is 17.8 Å². The monoisotopic (exact) mass is 500 g/mol. The number of aryl methyl sites for hydroxylation is 1. The molecule has 0 bridgehead atoms. The number of hydrogen-bond donors (Lipinski definition) is 1. The van der Waals surface area contributed by atoms with Crippen LogP contribution in [0.25, 0.3) is 6.08 Å². The predicted molar refractivity (Wildman–Crippen MR) is 132 cm³/mol. The van der Waals surface area contributed by atoms with Crippen molar-refractivity contribution in [2.75, 3.05) is 12.4 Å². The lowest BCUT2D eigenvalue weighted by Gasteiger charge is -2.13. The van der Waals surface area contributed by atoms with Gasteiger partial charge in [-0.1, -0.05) is 59.1 Å². The molecule has 0 aliphatic rings. The van der Waals surface area contributed by atoms with Gasteiger partial charge in [0.2, 0.25) is 0 Å². The second-order valence-electron chi connectivity index (χ2n) is 6.99. The van der Waals surface area contributed by atoms with Crippen LogP contribution in [0, 0.1) is 18.3 Å². The number of hydrogen-bond acceptors (Lipinski definition) is 4. The van der Waals surface area contributed by atoms with E-state index >= 15 is 0 Å². The van der Waals surface area contributed by atoms with Crippen molar-refractivity contribution in [2.45, 2.75) is 13.5 Å². The largest absolute Gasteiger partial charge is 0.493 e. The highest BCUT2D eigenvalue weighted by Crippen LogP contribution is 2.31. The molecule has 3 rings (SSSR count). The minimum absolute atomic E-state index is 0.0915. The standard InChI is InChI=1S/C25H19Cl3N2O3/c1-15-4-3-5-20(27)24(15)30-25(31)18(13-29)10-16-6-9-22(32-2)23(11-16)33-14-17-7-8-19(26)12-21(17)28/h3-12H,14H2,1-2H3,(H,30,31)/b18-10+.